The molecule has 1 aromatic carbocycles. The zero-order valence-corrected chi connectivity index (χ0v) is 14.1. The number of likely N-dealkylation sites (tertiary alicyclic amines) is 1. The van der Waals surface area contributed by atoms with Crippen LogP contribution in [0.1, 0.15) is 29.6 Å². The number of piperidine rings is 1. The second-order valence-electron chi connectivity index (χ2n) is 6.13. The summed E-state index contributed by atoms with van der Waals surface area (Å²) < 4.78 is 13.1. The van der Waals surface area contributed by atoms with Gasteiger partial charge in [-0.2, -0.15) is 0 Å². The fraction of sp³-hybridized carbons (Fsp3) is 0.316. The van der Waals surface area contributed by atoms with Gasteiger partial charge in [-0.25, -0.2) is 4.39 Å². The number of likely N-dealkylation sites (N-methyl/N-ethyl adjacent to an activating group) is 1. The Kier molecular flexibility index (Phi) is 5.07. The third kappa shape index (κ3) is 3.68. The van der Waals surface area contributed by atoms with Gasteiger partial charge >= 0.3 is 0 Å². The Labute approximate surface area is 146 Å². The molecule has 1 aliphatic heterocycles. The maximum Gasteiger partial charge on any atom is 0.256 e. The number of hydrogen-bond acceptors (Lipinski definition) is 3. The van der Waals surface area contributed by atoms with Gasteiger partial charge in [-0.05, 0) is 55.7 Å². The van der Waals surface area contributed by atoms with Crippen molar-refractivity contribution < 1.29 is 14.0 Å². The Hall–Kier alpha value is -2.76. The molecule has 1 fully saturated rings. The minimum absolute atomic E-state index is 0.163. The molecule has 2 heterocycles. The minimum atomic E-state index is -0.517. The van der Waals surface area contributed by atoms with Crippen LogP contribution in [0.25, 0.3) is 0 Å². The summed E-state index contributed by atoms with van der Waals surface area (Å²) in [5, 5.41) is 0. The molecule has 0 saturated carbocycles. The number of halogens is 1. The molecule has 0 bridgehead atoms. The number of carbonyl (C=O) groups is 2. The van der Waals surface area contributed by atoms with Crippen LogP contribution < -0.4 is 4.90 Å². The number of hydrogen-bond donors (Lipinski definition) is 0. The van der Waals surface area contributed by atoms with E-state index in [4.69, 9.17) is 0 Å². The van der Waals surface area contributed by atoms with Gasteiger partial charge in [-0.3, -0.25) is 14.6 Å². The van der Waals surface area contributed by atoms with Gasteiger partial charge in [0.15, 0.2) is 0 Å². The Bertz CT molecular complexity index is 749. The van der Waals surface area contributed by atoms with Gasteiger partial charge < -0.3 is 9.80 Å². The van der Waals surface area contributed by atoms with Gasteiger partial charge in [0.1, 0.15) is 11.9 Å². The Morgan fingerprint density at radius 2 is 1.96 bits per heavy atom. The van der Waals surface area contributed by atoms with E-state index < -0.39 is 6.04 Å². The molecule has 1 unspecified atom stereocenters. The average Bonchev–Trinajstić information content (AvgIpc) is 2.67. The highest BCUT2D eigenvalue weighted by Crippen LogP contribution is 2.23. The number of rotatable bonds is 3. The first kappa shape index (κ1) is 17.1. The largest absolute Gasteiger partial charge is 0.327 e. The lowest BCUT2D eigenvalue weighted by molar-refractivity contribution is -0.123. The molecule has 1 aliphatic rings. The normalized spacial score (nSPS) is 17.2. The maximum atomic E-state index is 13.1. The molecule has 0 radical (unpaired) electrons. The zero-order chi connectivity index (χ0) is 17.8. The molecular weight excluding hydrogens is 321 g/mol. The molecule has 1 aromatic heterocycles. The van der Waals surface area contributed by atoms with Crippen LogP contribution in [0.5, 0.6) is 0 Å². The number of amides is 2. The van der Waals surface area contributed by atoms with Crippen molar-refractivity contribution in [2.45, 2.75) is 25.3 Å². The predicted molar refractivity (Wildman–Crippen MR) is 92.7 cm³/mol. The Balaban J connectivity index is 1.81. The van der Waals surface area contributed by atoms with E-state index in [9.17, 15) is 14.0 Å². The van der Waals surface area contributed by atoms with Gasteiger partial charge in [0.25, 0.3) is 5.91 Å². The van der Waals surface area contributed by atoms with Crippen LogP contribution in [-0.4, -0.2) is 41.3 Å². The van der Waals surface area contributed by atoms with Crippen molar-refractivity contribution in [2.24, 2.45) is 0 Å². The number of aromatic nitrogens is 1. The van der Waals surface area contributed by atoms with Gasteiger partial charge in [-0.15, -0.1) is 0 Å². The summed E-state index contributed by atoms with van der Waals surface area (Å²) >= 11 is 0. The third-order valence-electron chi connectivity index (χ3n) is 4.50. The summed E-state index contributed by atoms with van der Waals surface area (Å²) in [6.45, 7) is 0.543. The highest BCUT2D eigenvalue weighted by atomic mass is 19.1. The molecule has 3 rings (SSSR count). The maximum absolute atomic E-state index is 13.1. The monoisotopic (exact) mass is 341 g/mol. The van der Waals surface area contributed by atoms with Crippen molar-refractivity contribution in [3.05, 3.63) is 60.2 Å². The van der Waals surface area contributed by atoms with Crippen molar-refractivity contribution in [1.29, 1.82) is 0 Å². The predicted octanol–water partition coefficient (Wildman–Crippen LogP) is 2.88. The quantitative estimate of drug-likeness (QED) is 0.863. The summed E-state index contributed by atoms with van der Waals surface area (Å²) in [5.74, 6) is -0.696. The molecule has 1 atom stereocenters. The highest BCUT2D eigenvalue weighted by Gasteiger charge is 2.34. The van der Waals surface area contributed by atoms with Crippen LogP contribution in [-0.2, 0) is 4.79 Å². The molecule has 0 spiro atoms. The lowest BCUT2D eigenvalue weighted by Crippen LogP contribution is -2.52. The summed E-state index contributed by atoms with van der Waals surface area (Å²) in [6.07, 6.45) is 5.51. The lowest BCUT2D eigenvalue weighted by Gasteiger charge is -2.36. The summed E-state index contributed by atoms with van der Waals surface area (Å²) in [5.41, 5.74) is 1.08. The molecule has 6 heteroatoms. The lowest BCUT2D eigenvalue weighted by atomic mass is 9.99. The Morgan fingerprint density at radius 3 is 2.64 bits per heavy atom. The van der Waals surface area contributed by atoms with Crippen LogP contribution >= 0.6 is 0 Å². The SMILES string of the molecule is CN(C(=O)C1CCCCN1C(=O)c1cccnc1)c1ccc(F)cc1. The highest BCUT2D eigenvalue weighted by molar-refractivity contribution is 6.02. The van der Waals surface area contributed by atoms with Crippen LogP contribution in [0.2, 0.25) is 0 Å². The van der Waals surface area contributed by atoms with Crippen molar-refractivity contribution in [2.75, 3.05) is 18.5 Å². The van der Waals surface area contributed by atoms with E-state index in [0.717, 1.165) is 12.8 Å². The van der Waals surface area contributed by atoms with E-state index in [1.807, 2.05) is 0 Å². The van der Waals surface area contributed by atoms with E-state index in [1.165, 1.54) is 23.2 Å². The zero-order valence-electron chi connectivity index (χ0n) is 14.1. The number of benzene rings is 1. The van der Waals surface area contributed by atoms with Crippen molar-refractivity contribution in [3.8, 4) is 0 Å². The van der Waals surface area contributed by atoms with E-state index in [0.29, 0.717) is 24.2 Å². The topological polar surface area (TPSA) is 53.5 Å². The molecule has 25 heavy (non-hydrogen) atoms. The molecule has 1 saturated heterocycles. The van der Waals surface area contributed by atoms with Crippen molar-refractivity contribution in [1.82, 2.24) is 9.88 Å². The summed E-state index contributed by atoms with van der Waals surface area (Å²) in [4.78, 5) is 32.8. The fourth-order valence-corrected chi connectivity index (χ4v) is 3.10. The molecule has 0 aliphatic carbocycles. The van der Waals surface area contributed by atoms with Gasteiger partial charge in [0, 0.05) is 31.7 Å². The van der Waals surface area contributed by atoms with Gasteiger partial charge in [0.05, 0.1) is 5.56 Å². The first-order valence-electron chi connectivity index (χ1n) is 8.32. The smallest absolute Gasteiger partial charge is 0.256 e. The second kappa shape index (κ2) is 7.42. The van der Waals surface area contributed by atoms with Crippen LogP contribution in [0.3, 0.4) is 0 Å². The number of pyridine rings is 1. The molecule has 2 amide bonds. The first-order valence-corrected chi connectivity index (χ1v) is 8.32. The first-order chi connectivity index (χ1) is 12.1. The molecule has 130 valence electrons. The van der Waals surface area contributed by atoms with Crippen LogP contribution in [0.4, 0.5) is 10.1 Å². The van der Waals surface area contributed by atoms with E-state index in [-0.39, 0.29) is 17.6 Å². The Morgan fingerprint density at radius 1 is 1.20 bits per heavy atom. The summed E-state index contributed by atoms with van der Waals surface area (Å²) in [7, 11) is 1.65. The van der Waals surface area contributed by atoms with Crippen molar-refractivity contribution >= 4 is 17.5 Å². The molecular formula is C19H20FN3O2. The summed E-state index contributed by atoms with van der Waals surface area (Å²) in [6, 6.07) is 8.65. The van der Waals surface area contributed by atoms with Gasteiger partial charge in [-0.1, -0.05) is 0 Å². The second-order valence-corrected chi connectivity index (χ2v) is 6.13. The van der Waals surface area contributed by atoms with Gasteiger partial charge in [0.2, 0.25) is 5.91 Å². The van der Waals surface area contributed by atoms with E-state index >= 15 is 0 Å². The van der Waals surface area contributed by atoms with Crippen LogP contribution in [0.15, 0.2) is 48.8 Å². The number of nitrogens with zero attached hydrogens (tertiary/aromatic N) is 3. The average molecular weight is 341 g/mol. The van der Waals surface area contributed by atoms with E-state index in [1.54, 1.807) is 42.4 Å². The standard InChI is InChI=1S/C19H20FN3O2/c1-22(16-9-7-15(20)8-10-16)19(25)17-6-2-3-12-23(17)18(24)14-5-4-11-21-13-14/h4-5,7-11,13,17H,2-3,6,12H2,1H3. The number of anilines is 1. The minimum Gasteiger partial charge on any atom is -0.327 e. The molecule has 0 N–H and O–H groups in total. The molecule has 2 aromatic rings. The fourth-order valence-electron chi connectivity index (χ4n) is 3.10. The van der Waals surface area contributed by atoms with Crippen LogP contribution in [0, 0.1) is 5.82 Å². The molecule has 5 nitrogen and oxygen atoms in total. The number of carbonyl (C=O) groups excluding carboxylic acids is 2. The third-order valence-corrected chi connectivity index (χ3v) is 4.50. The van der Waals surface area contributed by atoms with Crippen molar-refractivity contribution in [3.63, 3.8) is 0 Å². The van der Waals surface area contributed by atoms with E-state index in [2.05, 4.69) is 4.98 Å².